The Morgan fingerprint density at radius 2 is 2.05 bits per heavy atom. The second-order valence-corrected chi connectivity index (χ2v) is 5.29. The first-order valence-electron chi connectivity index (χ1n) is 5.51. The molecule has 19 heavy (non-hydrogen) atoms. The predicted octanol–water partition coefficient (Wildman–Crippen LogP) is 4.32. The summed E-state index contributed by atoms with van der Waals surface area (Å²) < 4.78 is 20.0. The fourth-order valence-corrected chi connectivity index (χ4v) is 2.47. The number of thiocarbonyl (C=S) groups is 1. The minimum Gasteiger partial charge on any atom is -0.454 e. The molecule has 2 nitrogen and oxygen atoms in total. The number of hydrogen-bond donors (Lipinski definition) is 1. The fourth-order valence-electron chi connectivity index (χ4n) is 1.59. The Morgan fingerprint density at radius 3 is 2.68 bits per heavy atom. The second kappa shape index (κ2) is 5.67. The molecule has 0 aromatic heterocycles. The van der Waals surface area contributed by atoms with E-state index in [1.807, 2.05) is 0 Å². The SMILES string of the molecule is Cc1cccc(Oc2ccc(C(N)=S)c(Br)c2)c1F. The third-order valence-corrected chi connectivity index (χ3v) is 3.47. The molecule has 5 heteroatoms. The molecule has 0 fully saturated rings. The number of benzene rings is 2. The molecule has 0 aliphatic carbocycles. The number of hydrogen-bond acceptors (Lipinski definition) is 2. The third kappa shape index (κ3) is 3.11. The van der Waals surface area contributed by atoms with E-state index in [-0.39, 0.29) is 11.6 Å². The number of rotatable bonds is 3. The van der Waals surface area contributed by atoms with Crippen LogP contribution in [0.4, 0.5) is 4.39 Å². The van der Waals surface area contributed by atoms with Gasteiger partial charge in [-0.1, -0.05) is 24.4 Å². The Kier molecular flexibility index (Phi) is 4.17. The van der Waals surface area contributed by atoms with E-state index in [2.05, 4.69) is 15.9 Å². The van der Waals surface area contributed by atoms with Crippen LogP contribution in [0.2, 0.25) is 0 Å². The van der Waals surface area contributed by atoms with E-state index in [9.17, 15) is 4.39 Å². The highest BCUT2D eigenvalue weighted by molar-refractivity contribution is 9.10. The van der Waals surface area contributed by atoms with Crippen LogP contribution in [0.1, 0.15) is 11.1 Å². The Hall–Kier alpha value is -1.46. The smallest absolute Gasteiger partial charge is 0.168 e. The van der Waals surface area contributed by atoms with Crippen molar-refractivity contribution >= 4 is 33.1 Å². The number of nitrogens with two attached hydrogens (primary N) is 1. The summed E-state index contributed by atoms with van der Waals surface area (Å²) in [4.78, 5) is 0.292. The van der Waals surface area contributed by atoms with E-state index in [1.54, 1.807) is 43.3 Å². The van der Waals surface area contributed by atoms with Crippen molar-refractivity contribution in [1.82, 2.24) is 0 Å². The third-order valence-electron chi connectivity index (χ3n) is 2.59. The standard InChI is InChI=1S/C14H11BrFNOS/c1-8-3-2-4-12(13(8)16)18-9-5-6-10(14(17)19)11(15)7-9/h2-7H,1H3,(H2,17,19). The first kappa shape index (κ1) is 14.0. The zero-order valence-electron chi connectivity index (χ0n) is 10.1. The lowest BCUT2D eigenvalue weighted by molar-refractivity contribution is 0.440. The van der Waals surface area contributed by atoms with E-state index < -0.39 is 0 Å². The molecule has 0 saturated carbocycles. The summed E-state index contributed by atoms with van der Waals surface area (Å²) in [6.45, 7) is 1.69. The Morgan fingerprint density at radius 1 is 1.32 bits per heavy atom. The van der Waals surface area contributed by atoms with Gasteiger partial charge < -0.3 is 10.5 Å². The van der Waals surface area contributed by atoms with Gasteiger partial charge in [-0.15, -0.1) is 0 Å². The highest BCUT2D eigenvalue weighted by atomic mass is 79.9. The molecule has 0 saturated heterocycles. The maximum Gasteiger partial charge on any atom is 0.168 e. The molecule has 0 aliphatic heterocycles. The summed E-state index contributed by atoms with van der Waals surface area (Å²) >= 11 is 8.26. The molecule has 0 amide bonds. The van der Waals surface area contributed by atoms with Crippen LogP contribution in [0.3, 0.4) is 0 Å². The van der Waals surface area contributed by atoms with Crippen LogP contribution in [0.5, 0.6) is 11.5 Å². The largest absolute Gasteiger partial charge is 0.454 e. The lowest BCUT2D eigenvalue weighted by Gasteiger charge is -2.10. The van der Waals surface area contributed by atoms with Crippen molar-refractivity contribution in [3.63, 3.8) is 0 Å². The van der Waals surface area contributed by atoms with Crippen molar-refractivity contribution < 1.29 is 9.13 Å². The van der Waals surface area contributed by atoms with Crippen molar-refractivity contribution in [3.8, 4) is 11.5 Å². The van der Waals surface area contributed by atoms with Gasteiger partial charge in [0.05, 0.1) is 0 Å². The highest BCUT2D eigenvalue weighted by Crippen LogP contribution is 2.29. The van der Waals surface area contributed by atoms with Crippen molar-refractivity contribution in [1.29, 1.82) is 0 Å². The van der Waals surface area contributed by atoms with Gasteiger partial charge in [-0.05, 0) is 52.7 Å². The van der Waals surface area contributed by atoms with Gasteiger partial charge in [0.25, 0.3) is 0 Å². The average Bonchev–Trinajstić information content (AvgIpc) is 2.34. The summed E-state index contributed by atoms with van der Waals surface area (Å²) in [7, 11) is 0. The van der Waals surface area contributed by atoms with Gasteiger partial charge in [0.1, 0.15) is 10.7 Å². The lowest BCUT2D eigenvalue weighted by atomic mass is 10.2. The molecule has 0 aliphatic rings. The van der Waals surface area contributed by atoms with Crippen LogP contribution >= 0.6 is 28.1 Å². The summed E-state index contributed by atoms with van der Waals surface area (Å²) in [6.07, 6.45) is 0. The van der Waals surface area contributed by atoms with Gasteiger partial charge in [0, 0.05) is 10.0 Å². The second-order valence-electron chi connectivity index (χ2n) is 3.99. The molecular weight excluding hydrogens is 329 g/mol. The Labute approximate surface area is 124 Å². The molecule has 2 aromatic rings. The van der Waals surface area contributed by atoms with E-state index >= 15 is 0 Å². The molecule has 2 N–H and O–H groups in total. The van der Waals surface area contributed by atoms with E-state index in [4.69, 9.17) is 22.7 Å². The monoisotopic (exact) mass is 339 g/mol. The van der Waals surface area contributed by atoms with Crippen molar-refractivity contribution in [2.45, 2.75) is 6.92 Å². The van der Waals surface area contributed by atoms with Gasteiger partial charge in [0.15, 0.2) is 11.6 Å². The molecule has 0 heterocycles. The van der Waals surface area contributed by atoms with Crippen LogP contribution < -0.4 is 10.5 Å². The lowest BCUT2D eigenvalue weighted by Crippen LogP contribution is -2.09. The summed E-state index contributed by atoms with van der Waals surface area (Å²) in [5.41, 5.74) is 6.81. The minimum atomic E-state index is -0.364. The summed E-state index contributed by atoms with van der Waals surface area (Å²) in [6, 6.07) is 10.1. The molecule has 98 valence electrons. The minimum absolute atomic E-state index is 0.190. The van der Waals surface area contributed by atoms with E-state index in [0.717, 1.165) is 0 Å². The molecule has 0 bridgehead atoms. The van der Waals surface area contributed by atoms with Crippen molar-refractivity contribution in [3.05, 3.63) is 57.8 Å². The average molecular weight is 340 g/mol. The van der Waals surface area contributed by atoms with Crippen LogP contribution in [0.15, 0.2) is 40.9 Å². The van der Waals surface area contributed by atoms with Gasteiger partial charge in [-0.3, -0.25) is 0 Å². The van der Waals surface area contributed by atoms with Gasteiger partial charge in [-0.25, -0.2) is 4.39 Å². The van der Waals surface area contributed by atoms with Gasteiger partial charge in [0.2, 0.25) is 0 Å². The van der Waals surface area contributed by atoms with Crippen LogP contribution in [0.25, 0.3) is 0 Å². The van der Waals surface area contributed by atoms with Crippen LogP contribution in [-0.2, 0) is 0 Å². The fraction of sp³-hybridized carbons (Fsp3) is 0.0714. The summed E-state index contributed by atoms with van der Waals surface area (Å²) in [5, 5.41) is 0. The molecule has 0 spiro atoms. The zero-order chi connectivity index (χ0) is 14.0. The number of aryl methyl sites for hydroxylation is 1. The van der Waals surface area contributed by atoms with Crippen LogP contribution in [-0.4, -0.2) is 4.99 Å². The van der Waals surface area contributed by atoms with Crippen LogP contribution in [0, 0.1) is 12.7 Å². The number of halogens is 2. The molecule has 0 radical (unpaired) electrons. The van der Waals surface area contributed by atoms with E-state index in [0.29, 0.717) is 26.3 Å². The normalized spacial score (nSPS) is 10.3. The number of ether oxygens (including phenoxy) is 1. The maximum atomic E-state index is 13.8. The Balaban J connectivity index is 2.32. The van der Waals surface area contributed by atoms with E-state index in [1.165, 1.54) is 0 Å². The molecule has 0 atom stereocenters. The molecular formula is C14H11BrFNOS. The van der Waals surface area contributed by atoms with Gasteiger partial charge >= 0.3 is 0 Å². The van der Waals surface area contributed by atoms with Gasteiger partial charge in [-0.2, -0.15) is 0 Å². The Bertz CT molecular complexity index is 645. The predicted molar refractivity (Wildman–Crippen MR) is 81.2 cm³/mol. The van der Waals surface area contributed by atoms with Crippen molar-refractivity contribution in [2.75, 3.05) is 0 Å². The molecule has 2 rings (SSSR count). The highest BCUT2D eigenvalue weighted by Gasteiger charge is 2.09. The zero-order valence-corrected chi connectivity index (χ0v) is 12.5. The summed E-state index contributed by atoms with van der Waals surface area (Å²) in [5.74, 6) is 0.336. The molecule has 2 aromatic carbocycles. The first-order chi connectivity index (χ1) is 8.99. The molecule has 0 unspecified atom stereocenters. The van der Waals surface area contributed by atoms with Crippen molar-refractivity contribution in [2.24, 2.45) is 5.73 Å². The maximum absolute atomic E-state index is 13.8. The quantitative estimate of drug-likeness (QED) is 0.845. The topological polar surface area (TPSA) is 35.2 Å². The first-order valence-corrected chi connectivity index (χ1v) is 6.71.